The van der Waals surface area contributed by atoms with Gasteiger partial charge in [-0.15, -0.1) is 13.2 Å². The van der Waals surface area contributed by atoms with E-state index in [0.29, 0.717) is 5.41 Å². The molecule has 2 aliphatic carbocycles. The van der Waals surface area contributed by atoms with Crippen molar-refractivity contribution in [3.8, 4) is 5.69 Å². The smallest absolute Gasteiger partial charge is 0.308 e. The lowest BCUT2D eigenvalue weighted by molar-refractivity contribution is -0.152. The van der Waals surface area contributed by atoms with Crippen molar-refractivity contribution in [1.82, 2.24) is 9.29 Å². The van der Waals surface area contributed by atoms with Gasteiger partial charge < -0.3 is 14.1 Å². The molecule has 0 amide bonds. The van der Waals surface area contributed by atoms with E-state index in [-0.39, 0.29) is 50.2 Å². The average molecular weight is 706 g/mol. The Morgan fingerprint density at radius 1 is 0.898 bits per heavy atom. The van der Waals surface area contributed by atoms with Crippen LogP contribution in [0.25, 0.3) is 5.69 Å². The van der Waals surface area contributed by atoms with Crippen molar-refractivity contribution in [3.05, 3.63) is 67.0 Å². The summed E-state index contributed by atoms with van der Waals surface area (Å²) in [6.45, 7) is 28.6. The standard InChI is InChI=1S/C14H14N2O.C9H16O2.C7H16.C6H13NO2S.C2H4.2CH4/c1-10(2)17-15-14-11-6-3-4-7-12(11)16-9-5-8-13(14)16;1-7(2)9(10)11-8-5-3-4-6-8;1-6(2)7(3,4)5;1-5(2)7-10(8,9)6-3-4-6;1-2;;/h3-10H,1-2H3;7-8H,3-6H2,1-2H3;6H,1-5H3;5-7H,3-4H2,1-2H3;1-2H2;2*1H4. The Hall–Kier alpha value is -2.91. The highest BCUT2D eigenvalue weighted by Gasteiger charge is 2.35. The fourth-order valence-corrected chi connectivity index (χ4v) is 5.78. The summed E-state index contributed by atoms with van der Waals surface area (Å²) < 4.78 is 32.1. The summed E-state index contributed by atoms with van der Waals surface area (Å²) in [7, 11) is -2.94. The minimum absolute atomic E-state index is 0. The highest BCUT2D eigenvalue weighted by molar-refractivity contribution is 7.90. The van der Waals surface area contributed by atoms with Gasteiger partial charge >= 0.3 is 5.97 Å². The van der Waals surface area contributed by atoms with Crippen LogP contribution < -0.4 is 4.72 Å². The van der Waals surface area contributed by atoms with Crippen molar-refractivity contribution < 1.29 is 22.8 Å². The molecule has 8 nitrogen and oxygen atoms in total. The predicted octanol–water partition coefficient (Wildman–Crippen LogP) is 10.3. The molecule has 0 saturated heterocycles. The van der Waals surface area contributed by atoms with Gasteiger partial charge in [-0.25, -0.2) is 13.1 Å². The predicted molar refractivity (Wildman–Crippen MR) is 210 cm³/mol. The van der Waals surface area contributed by atoms with E-state index in [1.165, 1.54) is 18.5 Å². The molecule has 0 spiro atoms. The van der Waals surface area contributed by atoms with E-state index in [2.05, 4.69) is 80.4 Å². The number of nitrogens with zero attached hydrogens (tertiary/aromatic N) is 2. The van der Waals surface area contributed by atoms with Gasteiger partial charge in [0.25, 0.3) is 0 Å². The van der Waals surface area contributed by atoms with Gasteiger partial charge in [-0.2, -0.15) is 0 Å². The zero-order valence-corrected chi connectivity index (χ0v) is 31.8. The second-order valence-electron chi connectivity index (χ2n) is 14.4. The second kappa shape index (κ2) is 22.7. The van der Waals surface area contributed by atoms with Crippen LogP contribution in [0, 0.1) is 17.3 Å². The van der Waals surface area contributed by atoms with Gasteiger partial charge in [0.05, 0.1) is 22.5 Å². The first-order valence-electron chi connectivity index (χ1n) is 17.2. The summed E-state index contributed by atoms with van der Waals surface area (Å²) in [5.74, 6) is 0.778. The molecule has 1 N–H and O–H groups in total. The Balaban J connectivity index is 0. The molecular weight excluding hydrogens is 635 g/mol. The van der Waals surface area contributed by atoms with Crippen molar-refractivity contribution in [2.24, 2.45) is 22.4 Å². The lowest BCUT2D eigenvalue weighted by Crippen LogP contribution is -2.32. The first kappa shape index (κ1) is 48.2. The molecule has 2 fully saturated rings. The zero-order chi connectivity index (χ0) is 35.9. The quantitative estimate of drug-likeness (QED) is 0.150. The molecule has 0 radical (unpaired) electrons. The van der Waals surface area contributed by atoms with Crippen LogP contribution in [0.15, 0.2) is 60.9 Å². The molecule has 3 aliphatic rings. The van der Waals surface area contributed by atoms with Crippen LogP contribution in [-0.4, -0.2) is 48.2 Å². The number of fused-ring (bicyclic) bond motifs is 3. The molecule has 9 heteroatoms. The minimum Gasteiger partial charge on any atom is -0.462 e. The van der Waals surface area contributed by atoms with Crippen molar-refractivity contribution in [2.45, 2.75) is 153 Å². The average Bonchev–Trinajstić information content (AvgIpc) is 3.41. The molecule has 49 heavy (non-hydrogen) atoms. The summed E-state index contributed by atoms with van der Waals surface area (Å²) in [5, 5.41) is 4.19. The monoisotopic (exact) mass is 706 g/mol. The number of carbonyl (C=O) groups excluding carboxylic acids is 1. The van der Waals surface area contributed by atoms with Crippen LogP contribution in [0.4, 0.5) is 0 Å². The maximum absolute atomic E-state index is 11.1. The number of esters is 1. The van der Waals surface area contributed by atoms with Gasteiger partial charge in [0.2, 0.25) is 10.0 Å². The van der Waals surface area contributed by atoms with Gasteiger partial charge in [0.15, 0.2) is 0 Å². The number of sulfonamides is 1. The van der Waals surface area contributed by atoms with Crippen LogP contribution in [0.2, 0.25) is 0 Å². The summed E-state index contributed by atoms with van der Waals surface area (Å²) in [6.07, 6.45) is 8.61. The molecule has 1 aromatic carbocycles. The van der Waals surface area contributed by atoms with E-state index in [4.69, 9.17) is 9.57 Å². The Labute approximate surface area is 301 Å². The van der Waals surface area contributed by atoms with Gasteiger partial charge in [-0.1, -0.05) is 86.7 Å². The zero-order valence-electron chi connectivity index (χ0n) is 31.0. The topological polar surface area (TPSA) is 99.0 Å². The molecule has 2 saturated carbocycles. The molecule has 0 unspecified atom stereocenters. The molecular formula is C40H71N3O5S. The third-order valence-electron chi connectivity index (χ3n) is 7.92. The van der Waals surface area contributed by atoms with Crippen LogP contribution >= 0.6 is 0 Å². The van der Waals surface area contributed by atoms with Gasteiger partial charge in [-0.05, 0) is 95.8 Å². The van der Waals surface area contributed by atoms with E-state index in [1.807, 2.05) is 65.9 Å². The number of hydrogen-bond acceptors (Lipinski definition) is 6. The Morgan fingerprint density at radius 3 is 1.88 bits per heavy atom. The van der Waals surface area contributed by atoms with E-state index >= 15 is 0 Å². The fourth-order valence-electron chi connectivity index (χ4n) is 4.17. The van der Waals surface area contributed by atoms with E-state index in [0.717, 1.165) is 48.6 Å². The number of benzene rings is 1. The van der Waals surface area contributed by atoms with Crippen LogP contribution in [0.3, 0.4) is 0 Å². The number of oxime groups is 1. The van der Waals surface area contributed by atoms with E-state index in [1.54, 1.807) is 0 Å². The summed E-state index contributed by atoms with van der Waals surface area (Å²) >= 11 is 0. The molecule has 2 heterocycles. The number of carbonyl (C=O) groups is 1. The maximum atomic E-state index is 11.1. The SMILES string of the molecule is C.C.C=C.CC(C)C(=O)OC1CCCC1.CC(C)C(C)(C)C.CC(C)NS(=O)(=O)C1CC1.CC(C)ON=C1c2ccccc2-n2cccc21. The molecule has 5 rings (SSSR count). The van der Waals surface area contributed by atoms with Crippen molar-refractivity contribution in [2.75, 3.05) is 0 Å². The van der Waals surface area contributed by atoms with Gasteiger partial charge in [0, 0.05) is 17.8 Å². The normalized spacial score (nSPS) is 15.5. The van der Waals surface area contributed by atoms with Crippen molar-refractivity contribution in [3.63, 3.8) is 0 Å². The first-order chi connectivity index (χ1) is 21.9. The summed E-state index contributed by atoms with van der Waals surface area (Å²) in [5.41, 5.74) is 4.80. The summed E-state index contributed by atoms with van der Waals surface area (Å²) in [6, 6.07) is 12.3. The summed E-state index contributed by atoms with van der Waals surface area (Å²) in [4.78, 5) is 16.5. The number of para-hydroxylation sites is 1. The van der Waals surface area contributed by atoms with E-state index in [9.17, 15) is 13.2 Å². The third kappa shape index (κ3) is 17.0. The number of ether oxygens (including phenoxy) is 1. The third-order valence-corrected chi connectivity index (χ3v) is 10.1. The lowest BCUT2D eigenvalue weighted by atomic mass is 9.84. The maximum Gasteiger partial charge on any atom is 0.308 e. The second-order valence-corrected chi connectivity index (χ2v) is 16.4. The van der Waals surface area contributed by atoms with E-state index < -0.39 is 10.0 Å². The highest BCUT2D eigenvalue weighted by Crippen LogP contribution is 2.29. The molecule has 0 bridgehead atoms. The number of aromatic nitrogens is 1. The largest absolute Gasteiger partial charge is 0.462 e. The highest BCUT2D eigenvalue weighted by atomic mass is 32.2. The Morgan fingerprint density at radius 2 is 1.43 bits per heavy atom. The molecule has 1 aromatic heterocycles. The van der Waals surface area contributed by atoms with Crippen molar-refractivity contribution in [1.29, 1.82) is 0 Å². The van der Waals surface area contributed by atoms with Gasteiger partial charge in [0.1, 0.15) is 17.9 Å². The fraction of sp³-hybridized carbons (Fsp3) is 0.650. The molecule has 2 aromatic rings. The lowest BCUT2D eigenvalue weighted by Gasteiger charge is -2.22. The van der Waals surface area contributed by atoms with Crippen LogP contribution in [0.5, 0.6) is 0 Å². The molecule has 1 aliphatic heterocycles. The minimum atomic E-state index is -2.94. The number of hydrogen-bond donors (Lipinski definition) is 1. The van der Waals surface area contributed by atoms with Gasteiger partial charge in [-0.3, -0.25) is 4.79 Å². The Bertz CT molecular complexity index is 1340. The molecule has 0 atom stereocenters. The number of nitrogens with one attached hydrogen (secondary N) is 1. The van der Waals surface area contributed by atoms with Crippen LogP contribution in [-0.2, 0) is 24.4 Å². The van der Waals surface area contributed by atoms with Crippen molar-refractivity contribution >= 4 is 21.7 Å². The molecule has 282 valence electrons. The number of rotatable bonds is 7. The Kier molecular flexibility index (Phi) is 22.4. The van der Waals surface area contributed by atoms with Crippen LogP contribution in [0.1, 0.15) is 141 Å². The first-order valence-corrected chi connectivity index (χ1v) is 18.7.